The van der Waals surface area contributed by atoms with E-state index in [1.807, 2.05) is 36.4 Å². The molecule has 10 heteroatoms. The van der Waals surface area contributed by atoms with Crippen molar-refractivity contribution < 1.29 is 33.1 Å². The van der Waals surface area contributed by atoms with Crippen molar-refractivity contribution in [3.05, 3.63) is 78.8 Å². The summed E-state index contributed by atoms with van der Waals surface area (Å²) in [5.41, 5.74) is 7.73. The average Bonchev–Trinajstić information content (AvgIpc) is 2.90. The summed E-state index contributed by atoms with van der Waals surface area (Å²) >= 11 is 0. The van der Waals surface area contributed by atoms with E-state index >= 15 is 0 Å². The van der Waals surface area contributed by atoms with Gasteiger partial charge in [-0.25, -0.2) is 9.59 Å². The van der Waals surface area contributed by atoms with Crippen LogP contribution < -0.4 is 15.7 Å². The number of benzene rings is 2. The number of ketones is 1. The highest BCUT2D eigenvalue weighted by atomic mass is 28.4. The number of alkyl carbamates (subject to hydrolysis) is 1. The molecule has 0 spiro atoms. The first-order chi connectivity index (χ1) is 19.2. The molecule has 0 saturated carbocycles. The predicted molar refractivity (Wildman–Crippen MR) is 161 cm³/mol. The van der Waals surface area contributed by atoms with E-state index in [2.05, 4.69) is 66.5 Å². The molecule has 0 unspecified atom stereocenters. The molecule has 2 aromatic carbocycles. The number of Topliss-reactive ketones (excluding diaryl/α,β-unsaturated/α-hetero) is 1. The molecule has 0 aromatic heterocycles. The Hall–Kier alpha value is -3.85. The molecule has 0 bridgehead atoms. The second-order valence-electron chi connectivity index (χ2n) is 11.7. The topological polar surface area (TPSA) is 127 Å². The average molecular weight is 580 g/mol. The lowest BCUT2D eigenvalue weighted by atomic mass is 10.0. The zero-order valence-corrected chi connectivity index (χ0v) is 26.0. The minimum atomic E-state index is -3.01. The summed E-state index contributed by atoms with van der Waals surface area (Å²) in [6, 6.07) is 19.2. The van der Waals surface area contributed by atoms with Crippen LogP contribution in [0.25, 0.3) is 5.53 Å². The summed E-state index contributed by atoms with van der Waals surface area (Å²) < 4.78 is 17.1. The molecule has 0 aliphatic rings. The van der Waals surface area contributed by atoms with Crippen molar-refractivity contribution in [2.24, 2.45) is 0 Å². The van der Waals surface area contributed by atoms with Gasteiger partial charge in [0.25, 0.3) is 14.1 Å². The number of nitrogens with one attached hydrogen (secondary N) is 1. The molecule has 9 nitrogen and oxygen atoms in total. The van der Waals surface area contributed by atoms with Crippen LogP contribution in [0.2, 0.25) is 5.04 Å². The van der Waals surface area contributed by atoms with Crippen LogP contribution in [0.5, 0.6) is 0 Å². The summed E-state index contributed by atoms with van der Waals surface area (Å²) in [5, 5.41) is 4.50. The van der Waals surface area contributed by atoms with Crippen molar-refractivity contribution in [3.63, 3.8) is 0 Å². The highest BCUT2D eigenvalue weighted by Gasteiger charge is 2.51. The Morgan fingerprint density at radius 3 is 1.88 bits per heavy atom. The molecule has 1 amide bonds. The smallest absolute Gasteiger partial charge is 0.441 e. The van der Waals surface area contributed by atoms with Gasteiger partial charge in [0.15, 0.2) is 0 Å². The fraction of sp³-hybridized carbons (Fsp3) is 0.419. The Balaban J connectivity index is 2.55. The molecule has 0 fully saturated rings. The van der Waals surface area contributed by atoms with E-state index in [-0.39, 0.29) is 17.9 Å². The highest BCUT2D eigenvalue weighted by Crippen LogP contribution is 2.38. The van der Waals surface area contributed by atoms with E-state index in [1.54, 1.807) is 26.8 Å². The second-order valence-corrected chi connectivity index (χ2v) is 16.0. The lowest BCUT2D eigenvalue weighted by molar-refractivity contribution is -0.139. The van der Waals surface area contributed by atoms with Crippen LogP contribution in [-0.4, -0.2) is 61.5 Å². The van der Waals surface area contributed by atoms with E-state index in [9.17, 15) is 19.9 Å². The van der Waals surface area contributed by atoms with Crippen LogP contribution in [0.15, 0.2) is 73.3 Å². The number of ether oxygens (including phenoxy) is 2. The Morgan fingerprint density at radius 2 is 1.49 bits per heavy atom. The van der Waals surface area contributed by atoms with Crippen molar-refractivity contribution in [2.75, 3.05) is 7.11 Å². The zero-order valence-electron chi connectivity index (χ0n) is 25.0. The number of hydrogen-bond donors (Lipinski definition) is 1. The summed E-state index contributed by atoms with van der Waals surface area (Å²) in [6.45, 7) is 15.6. The first-order valence-corrected chi connectivity index (χ1v) is 15.3. The number of methoxy groups -OCH3 is 1. The number of hydrogen-bond acceptors (Lipinski definition) is 6. The van der Waals surface area contributed by atoms with Gasteiger partial charge in [-0.15, -0.1) is 6.58 Å². The molecule has 0 aliphatic carbocycles. The van der Waals surface area contributed by atoms with E-state index in [0.717, 1.165) is 17.5 Å². The summed E-state index contributed by atoms with van der Waals surface area (Å²) in [5.74, 6) is -1.90. The van der Waals surface area contributed by atoms with Gasteiger partial charge in [-0.05, 0) is 42.6 Å². The third-order valence-electron chi connectivity index (χ3n) is 6.42. The quantitative estimate of drug-likeness (QED) is 0.0764. The van der Waals surface area contributed by atoms with Crippen molar-refractivity contribution >= 4 is 42.2 Å². The summed E-state index contributed by atoms with van der Waals surface area (Å²) in [6.07, 6.45) is 0.0292. The van der Waals surface area contributed by atoms with Gasteiger partial charge in [0.1, 0.15) is 5.60 Å². The molecule has 0 aliphatic heterocycles. The zero-order chi connectivity index (χ0) is 30.8. The minimum absolute atomic E-state index is 0.124. The largest absolute Gasteiger partial charge is 0.460 e. The number of esters is 1. The second kappa shape index (κ2) is 14.2. The van der Waals surface area contributed by atoms with Gasteiger partial charge in [-0.3, -0.25) is 4.79 Å². The normalized spacial score (nSPS) is 13.2. The molecule has 220 valence electrons. The van der Waals surface area contributed by atoms with E-state index < -0.39 is 49.6 Å². The molecule has 2 atom stereocenters. The standard InChI is InChI=1S/C31H41N3O6Si/c1-9-23(20-22(33-29(37)39-30(2,3)4)21-26(35)27(34-32)28(36)38-8)40-41(31(5,6)7,24-16-12-10-13-17-24)25-18-14-11-15-19-25/h9-19,22-23H,1,20-21H2,2-8H3,(H,33,37)/t22-,23-/m1/s1. The molecule has 41 heavy (non-hydrogen) atoms. The van der Waals surface area contributed by atoms with Gasteiger partial charge < -0.3 is 24.7 Å². The van der Waals surface area contributed by atoms with Crippen LogP contribution in [0.3, 0.4) is 0 Å². The first kappa shape index (κ1) is 33.4. The maximum absolute atomic E-state index is 13.0. The summed E-state index contributed by atoms with van der Waals surface area (Å²) in [4.78, 5) is 40.5. The predicted octanol–water partition coefficient (Wildman–Crippen LogP) is 4.20. The molecule has 2 aromatic rings. The fourth-order valence-corrected chi connectivity index (χ4v) is 9.35. The van der Waals surface area contributed by atoms with Crippen LogP contribution in [0.1, 0.15) is 54.4 Å². The fourth-order valence-electron chi connectivity index (χ4n) is 4.69. The van der Waals surface area contributed by atoms with E-state index in [4.69, 9.17) is 9.16 Å². The Morgan fingerprint density at radius 1 is 0.976 bits per heavy atom. The molecule has 0 heterocycles. The van der Waals surface area contributed by atoms with Crippen LogP contribution >= 0.6 is 0 Å². The van der Waals surface area contributed by atoms with Crippen molar-refractivity contribution in [1.82, 2.24) is 5.32 Å². The van der Waals surface area contributed by atoms with Gasteiger partial charge in [0.2, 0.25) is 0 Å². The third kappa shape index (κ3) is 8.82. The lowest BCUT2D eigenvalue weighted by Crippen LogP contribution is -2.67. The van der Waals surface area contributed by atoms with E-state index in [1.165, 1.54) is 0 Å². The molecule has 2 rings (SSSR count). The number of rotatable bonds is 12. The molecule has 0 radical (unpaired) electrons. The van der Waals surface area contributed by atoms with Crippen molar-refractivity contribution in [2.45, 2.75) is 77.2 Å². The minimum Gasteiger partial charge on any atom is -0.460 e. The first-order valence-electron chi connectivity index (χ1n) is 13.4. The van der Waals surface area contributed by atoms with Gasteiger partial charge in [0, 0.05) is 12.5 Å². The maximum atomic E-state index is 13.0. The monoisotopic (exact) mass is 579 g/mol. The summed E-state index contributed by atoms with van der Waals surface area (Å²) in [7, 11) is -1.94. The van der Waals surface area contributed by atoms with Crippen LogP contribution in [0.4, 0.5) is 4.79 Å². The number of carbonyl (C=O) groups excluding carboxylic acids is 3. The Bertz CT molecular complexity index is 1220. The maximum Gasteiger partial charge on any atom is 0.441 e. The third-order valence-corrected chi connectivity index (χ3v) is 11.5. The number of carbonyl (C=O) groups is 3. The molecular formula is C31H41N3O6Si. The molecule has 0 saturated heterocycles. The van der Waals surface area contributed by atoms with Gasteiger partial charge in [0.05, 0.1) is 13.2 Å². The van der Waals surface area contributed by atoms with Gasteiger partial charge in [-0.1, -0.05) is 87.5 Å². The van der Waals surface area contributed by atoms with Gasteiger partial charge in [-0.2, -0.15) is 4.79 Å². The van der Waals surface area contributed by atoms with Gasteiger partial charge >= 0.3 is 17.8 Å². The number of nitrogens with zero attached hydrogens (tertiary/aromatic N) is 2. The number of amides is 1. The lowest BCUT2D eigenvalue weighted by Gasteiger charge is -2.45. The molecular weight excluding hydrogens is 538 g/mol. The molecule has 1 N–H and O–H groups in total. The van der Waals surface area contributed by atoms with Crippen LogP contribution in [0, 0.1) is 0 Å². The Labute approximate surface area is 243 Å². The van der Waals surface area contributed by atoms with Crippen LogP contribution in [-0.2, 0) is 23.5 Å². The van der Waals surface area contributed by atoms with E-state index in [0.29, 0.717) is 0 Å². The Kier molecular flexibility index (Phi) is 11.5. The van der Waals surface area contributed by atoms with Crippen molar-refractivity contribution in [1.29, 1.82) is 0 Å². The highest BCUT2D eigenvalue weighted by molar-refractivity contribution is 6.99. The SMILES string of the molecule is C=C[C@H](C[C@H](CC(=O)C(=[N+]=[N-])C(=O)OC)NC(=O)OC(C)(C)C)O[Si](c1ccccc1)(c1ccccc1)C(C)(C)C. The van der Waals surface area contributed by atoms with Crippen molar-refractivity contribution in [3.8, 4) is 0 Å².